The van der Waals surface area contributed by atoms with Crippen LogP contribution in [-0.2, 0) is 0 Å². The molecule has 0 aliphatic carbocycles. The minimum atomic E-state index is -0.184. The topological polar surface area (TPSA) is 78.6 Å². The average Bonchev–Trinajstić information content (AvgIpc) is 2.75. The molecule has 0 radical (unpaired) electrons. The van der Waals surface area contributed by atoms with Gasteiger partial charge >= 0.3 is 6.03 Å². The molecule has 0 aromatic carbocycles. The van der Waals surface area contributed by atoms with Crippen LogP contribution in [0.1, 0.15) is 18.6 Å². The highest BCUT2D eigenvalue weighted by Crippen LogP contribution is 2.17. The number of rotatable bonds is 2. The number of hydrogen-bond donors (Lipinski definition) is 2. The highest BCUT2D eigenvalue weighted by atomic mass is 16.5. The molecule has 1 unspecified atom stereocenters. The van der Waals surface area contributed by atoms with E-state index in [9.17, 15) is 4.79 Å². The molecule has 2 rings (SSSR count). The van der Waals surface area contributed by atoms with Gasteiger partial charge < -0.3 is 14.5 Å². The first kappa shape index (κ1) is 11.9. The summed E-state index contributed by atoms with van der Waals surface area (Å²) in [5, 5.41) is 15.5. The number of nitrogens with zero attached hydrogens (tertiary/aromatic N) is 2. The quantitative estimate of drug-likeness (QED) is 0.813. The molecule has 1 aromatic rings. The second-order valence-corrected chi connectivity index (χ2v) is 4.39. The van der Waals surface area contributed by atoms with Gasteiger partial charge in [-0.05, 0) is 25.7 Å². The summed E-state index contributed by atoms with van der Waals surface area (Å²) in [6.07, 6.45) is 1.90. The Morgan fingerprint density at radius 1 is 1.76 bits per heavy atom. The number of aliphatic hydroxyl groups excluding tert-OH is 1. The van der Waals surface area contributed by atoms with Gasteiger partial charge in [0.25, 0.3) is 0 Å². The molecular formula is C11H17N3O3. The number of nitrogens with one attached hydrogen (secondary N) is 1. The van der Waals surface area contributed by atoms with Crippen molar-refractivity contribution >= 4 is 11.8 Å². The molecule has 0 saturated carbocycles. The Hall–Kier alpha value is -1.56. The molecule has 1 aliphatic heterocycles. The van der Waals surface area contributed by atoms with E-state index in [0.29, 0.717) is 18.1 Å². The minimum absolute atomic E-state index is 0.132. The van der Waals surface area contributed by atoms with Crippen molar-refractivity contribution < 1.29 is 14.4 Å². The van der Waals surface area contributed by atoms with E-state index in [1.54, 1.807) is 17.9 Å². The predicted octanol–water partition coefficient (Wildman–Crippen LogP) is 1.22. The number of carbonyl (C=O) groups excluding carboxylic acids is 1. The molecule has 17 heavy (non-hydrogen) atoms. The zero-order valence-corrected chi connectivity index (χ0v) is 9.85. The molecule has 2 heterocycles. The second kappa shape index (κ2) is 5.18. The predicted molar refractivity (Wildman–Crippen MR) is 61.6 cm³/mol. The van der Waals surface area contributed by atoms with Crippen molar-refractivity contribution in [3.63, 3.8) is 0 Å². The lowest BCUT2D eigenvalue weighted by Gasteiger charge is -2.31. The smallest absolute Gasteiger partial charge is 0.323 e. The van der Waals surface area contributed by atoms with E-state index < -0.39 is 0 Å². The van der Waals surface area contributed by atoms with Gasteiger partial charge in [-0.2, -0.15) is 0 Å². The zero-order valence-electron chi connectivity index (χ0n) is 9.85. The van der Waals surface area contributed by atoms with Gasteiger partial charge in [0.05, 0.1) is 0 Å². The Labute approximate surface area is 99.6 Å². The maximum absolute atomic E-state index is 11.9. The van der Waals surface area contributed by atoms with E-state index in [2.05, 4.69) is 10.5 Å². The van der Waals surface area contributed by atoms with Crippen molar-refractivity contribution in [3.05, 3.63) is 11.8 Å². The molecule has 0 bridgehead atoms. The van der Waals surface area contributed by atoms with Crippen LogP contribution in [0.3, 0.4) is 0 Å². The van der Waals surface area contributed by atoms with Gasteiger partial charge in [0, 0.05) is 25.8 Å². The summed E-state index contributed by atoms with van der Waals surface area (Å²) < 4.78 is 4.87. The maximum atomic E-state index is 11.9. The number of amides is 2. The van der Waals surface area contributed by atoms with E-state index in [4.69, 9.17) is 9.63 Å². The van der Waals surface area contributed by atoms with E-state index in [-0.39, 0.29) is 18.6 Å². The van der Waals surface area contributed by atoms with Crippen molar-refractivity contribution in [1.82, 2.24) is 10.1 Å². The van der Waals surface area contributed by atoms with Crippen LogP contribution >= 0.6 is 0 Å². The fourth-order valence-electron chi connectivity index (χ4n) is 2.01. The van der Waals surface area contributed by atoms with Gasteiger partial charge in [0.2, 0.25) is 0 Å². The molecule has 94 valence electrons. The van der Waals surface area contributed by atoms with Crippen molar-refractivity contribution in [2.75, 3.05) is 25.0 Å². The summed E-state index contributed by atoms with van der Waals surface area (Å²) >= 11 is 0. The Balaban J connectivity index is 1.91. The van der Waals surface area contributed by atoms with Crippen LogP contribution in [0.15, 0.2) is 10.6 Å². The van der Waals surface area contributed by atoms with Crippen LogP contribution in [0.5, 0.6) is 0 Å². The third-order valence-electron chi connectivity index (χ3n) is 2.93. The van der Waals surface area contributed by atoms with Crippen molar-refractivity contribution in [2.24, 2.45) is 5.92 Å². The lowest BCUT2D eigenvalue weighted by atomic mass is 9.99. The van der Waals surface area contributed by atoms with Crippen molar-refractivity contribution in [1.29, 1.82) is 0 Å². The van der Waals surface area contributed by atoms with Crippen molar-refractivity contribution in [3.8, 4) is 0 Å². The summed E-state index contributed by atoms with van der Waals surface area (Å²) in [5.74, 6) is 1.28. The monoisotopic (exact) mass is 239 g/mol. The van der Waals surface area contributed by atoms with Crippen LogP contribution < -0.4 is 5.32 Å². The molecule has 1 aliphatic rings. The van der Waals surface area contributed by atoms with Gasteiger partial charge in [0.15, 0.2) is 5.82 Å². The van der Waals surface area contributed by atoms with Gasteiger partial charge in [0.1, 0.15) is 5.76 Å². The Kier molecular flexibility index (Phi) is 3.63. The molecule has 1 atom stereocenters. The number of carbonyl (C=O) groups is 1. The Morgan fingerprint density at radius 2 is 2.59 bits per heavy atom. The summed E-state index contributed by atoms with van der Waals surface area (Å²) in [6.45, 7) is 3.22. The zero-order chi connectivity index (χ0) is 12.3. The van der Waals surface area contributed by atoms with Crippen LogP contribution in [0, 0.1) is 12.8 Å². The SMILES string of the molecule is Cc1cc(NC(=O)N2CCCC(CO)C2)no1. The number of urea groups is 1. The molecule has 6 nitrogen and oxygen atoms in total. The van der Waals surface area contributed by atoms with E-state index in [1.807, 2.05) is 0 Å². The Morgan fingerprint density at radius 3 is 3.24 bits per heavy atom. The largest absolute Gasteiger partial charge is 0.396 e. The highest BCUT2D eigenvalue weighted by molar-refractivity contribution is 5.88. The number of aliphatic hydroxyl groups is 1. The number of aromatic nitrogens is 1. The van der Waals surface area contributed by atoms with Gasteiger partial charge in [-0.25, -0.2) is 4.79 Å². The average molecular weight is 239 g/mol. The summed E-state index contributed by atoms with van der Waals surface area (Å²) in [5.41, 5.74) is 0. The van der Waals surface area contributed by atoms with E-state index >= 15 is 0 Å². The third kappa shape index (κ3) is 2.97. The highest BCUT2D eigenvalue weighted by Gasteiger charge is 2.23. The van der Waals surface area contributed by atoms with Gasteiger partial charge in [-0.1, -0.05) is 5.16 Å². The van der Waals surface area contributed by atoms with Crippen LogP contribution in [-0.4, -0.2) is 40.9 Å². The molecule has 1 saturated heterocycles. The minimum Gasteiger partial charge on any atom is -0.396 e. The molecule has 2 N–H and O–H groups in total. The fraction of sp³-hybridized carbons (Fsp3) is 0.636. The first-order chi connectivity index (χ1) is 8.19. The molecular weight excluding hydrogens is 222 g/mol. The molecule has 6 heteroatoms. The van der Waals surface area contributed by atoms with Crippen LogP contribution in [0.2, 0.25) is 0 Å². The first-order valence-corrected chi connectivity index (χ1v) is 5.79. The van der Waals surface area contributed by atoms with Gasteiger partial charge in [-0.3, -0.25) is 5.32 Å². The number of piperidine rings is 1. The van der Waals surface area contributed by atoms with Gasteiger partial charge in [-0.15, -0.1) is 0 Å². The third-order valence-corrected chi connectivity index (χ3v) is 2.93. The lowest BCUT2D eigenvalue weighted by Crippen LogP contribution is -2.43. The number of aryl methyl sites for hydroxylation is 1. The number of hydrogen-bond acceptors (Lipinski definition) is 4. The standard InChI is InChI=1S/C11H17N3O3/c1-8-5-10(13-17-8)12-11(16)14-4-2-3-9(6-14)7-15/h5,9,15H,2-4,6-7H2,1H3,(H,12,13,16). The normalized spacial score (nSPS) is 20.4. The van der Waals surface area contributed by atoms with Crippen molar-refractivity contribution in [2.45, 2.75) is 19.8 Å². The summed E-state index contributed by atoms with van der Waals surface area (Å²) in [6, 6.07) is 1.49. The first-order valence-electron chi connectivity index (χ1n) is 5.79. The summed E-state index contributed by atoms with van der Waals surface area (Å²) in [7, 11) is 0. The fourth-order valence-corrected chi connectivity index (χ4v) is 2.01. The van der Waals surface area contributed by atoms with E-state index in [0.717, 1.165) is 19.4 Å². The maximum Gasteiger partial charge on any atom is 0.323 e. The number of anilines is 1. The van der Waals surface area contributed by atoms with Crippen LogP contribution in [0.4, 0.5) is 10.6 Å². The number of likely N-dealkylation sites (tertiary alicyclic amines) is 1. The Bertz CT molecular complexity index is 391. The second-order valence-electron chi connectivity index (χ2n) is 4.39. The molecule has 1 aromatic heterocycles. The summed E-state index contributed by atoms with van der Waals surface area (Å²) in [4.78, 5) is 13.6. The molecule has 1 fully saturated rings. The lowest BCUT2D eigenvalue weighted by molar-refractivity contribution is 0.136. The van der Waals surface area contributed by atoms with Crippen LogP contribution in [0.25, 0.3) is 0 Å². The molecule has 0 spiro atoms. The molecule has 2 amide bonds. The van der Waals surface area contributed by atoms with E-state index in [1.165, 1.54) is 0 Å².